The Morgan fingerprint density at radius 2 is 0.882 bits per heavy atom. The van der Waals surface area contributed by atoms with Gasteiger partial charge in [-0.2, -0.15) is 0 Å². The zero-order valence-electron chi connectivity index (χ0n) is 31.4. The van der Waals surface area contributed by atoms with Gasteiger partial charge in [-0.1, -0.05) is 142 Å². The van der Waals surface area contributed by atoms with Crippen molar-refractivity contribution < 1.29 is 63.1 Å². The number of carbonyl (C=O) groups is 2. The second-order valence-electron chi connectivity index (χ2n) is 14.2. The number of rotatable bonds is 32. The molecule has 8 atom stereocenters. The minimum Gasteiger partial charge on any atom is -0.462 e. The van der Waals surface area contributed by atoms with Crippen molar-refractivity contribution in [2.24, 2.45) is 0 Å². The third-order valence-electron chi connectivity index (χ3n) is 9.45. The summed E-state index contributed by atoms with van der Waals surface area (Å²) in [6, 6.07) is 0. The molecule has 1 aliphatic rings. The van der Waals surface area contributed by atoms with E-state index in [-0.39, 0.29) is 12.8 Å². The SMILES string of the molecule is CCCCCCCCCCCCCCCCCC(=O)OC[C@@H](COP(=O)(O)OC1C(O)C(O)C(O)[C@H](O)C1O)OC(=O)CCCCCCCCC. The van der Waals surface area contributed by atoms with Crippen LogP contribution in [-0.2, 0) is 32.7 Å². The second-order valence-corrected chi connectivity index (χ2v) is 15.6. The number of hydrogen-bond acceptors (Lipinski definition) is 12. The second kappa shape index (κ2) is 29.2. The predicted octanol–water partition coefficient (Wildman–Crippen LogP) is 6.16. The minimum atomic E-state index is -5.09. The molecule has 1 fully saturated rings. The van der Waals surface area contributed by atoms with Gasteiger partial charge in [-0.25, -0.2) is 4.57 Å². The van der Waals surface area contributed by atoms with Gasteiger partial charge in [0.05, 0.1) is 6.61 Å². The smallest absolute Gasteiger partial charge is 0.462 e. The standard InChI is InChI=1S/C37H71O13P/c1-3-5-7-9-11-12-13-14-15-16-17-18-20-21-23-25-30(38)47-27-29(49-31(39)26-24-22-19-10-8-6-4-2)28-48-51(45,46)50-37-35(43)33(41)32(40)34(42)36(37)44/h29,32-37,40-44H,3-28H2,1-2H3,(H,45,46)/t29-,32?,33-,34?,35?,36?,37?/m0/s1. The van der Waals surface area contributed by atoms with E-state index >= 15 is 0 Å². The maximum atomic E-state index is 12.7. The van der Waals surface area contributed by atoms with Gasteiger partial charge in [-0.15, -0.1) is 0 Å². The van der Waals surface area contributed by atoms with Gasteiger partial charge in [-0.3, -0.25) is 18.6 Å². The first-order valence-corrected chi connectivity index (χ1v) is 21.3. The average molecular weight is 755 g/mol. The Hall–Kier alpha value is -1.15. The maximum Gasteiger partial charge on any atom is 0.472 e. The van der Waals surface area contributed by atoms with Crippen LogP contribution in [0.2, 0.25) is 0 Å². The summed E-state index contributed by atoms with van der Waals surface area (Å²) < 4.78 is 33.2. The third kappa shape index (κ3) is 22.6. The number of carbonyl (C=O) groups excluding carboxylic acids is 2. The molecule has 0 bridgehead atoms. The highest BCUT2D eigenvalue weighted by molar-refractivity contribution is 7.47. The monoisotopic (exact) mass is 754 g/mol. The molecule has 1 saturated carbocycles. The van der Waals surface area contributed by atoms with Crippen LogP contribution in [0.5, 0.6) is 0 Å². The number of hydrogen-bond donors (Lipinski definition) is 6. The highest BCUT2D eigenvalue weighted by Gasteiger charge is 2.51. The largest absolute Gasteiger partial charge is 0.472 e. The number of aliphatic hydroxyl groups excluding tert-OH is 5. The number of phosphoric ester groups is 1. The fourth-order valence-electron chi connectivity index (χ4n) is 6.17. The van der Waals surface area contributed by atoms with Crippen LogP contribution in [0, 0.1) is 0 Å². The molecular weight excluding hydrogens is 683 g/mol. The van der Waals surface area contributed by atoms with E-state index in [1.54, 1.807) is 0 Å². The van der Waals surface area contributed by atoms with E-state index in [1.165, 1.54) is 77.0 Å². The van der Waals surface area contributed by atoms with Gasteiger partial charge in [0.25, 0.3) is 0 Å². The van der Waals surface area contributed by atoms with Gasteiger partial charge in [0.1, 0.15) is 43.2 Å². The Balaban J connectivity index is 2.46. The quantitative estimate of drug-likeness (QED) is 0.0258. The van der Waals surface area contributed by atoms with Crippen molar-refractivity contribution in [3.8, 4) is 0 Å². The summed E-state index contributed by atoms with van der Waals surface area (Å²) in [5.74, 6) is -1.10. The predicted molar refractivity (Wildman–Crippen MR) is 194 cm³/mol. The van der Waals surface area contributed by atoms with Crippen LogP contribution in [0.4, 0.5) is 0 Å². The summed E-state index contributed by atoms with van der Waals surface area (Å²) in [6.07, 6.45) is 12.1. The van der Waals surface area contributed by atoms with Crippen molar-refractivity contribution in [3.05, 3.63) is 0 Å². The van der Waals surface area contributed by atoms with Crippen molar-refractivity contribution in [2.45, 2.75) is 211 Å². The van der Waals surface area contributed by atoms with Gasteiger partial charge < -0.3 is 39.9 Å². The van der Waals surface area contributed by atoms with Crippen LogP contribution in [0.25, 0.3) is 0 Å². The first kappa shape index (κ1) is 47.9. The third-order valence-corrected chi connectivity index (χ3v) is 10.4. The molecule has 0 aromatic rings. The van der Waals surface area contributed by atoms with E-state index in [9.17, 15) is 44.6 Å². The lowest BCUT2D eigenvalue weighted by Crippen LogP contribution is -2.64. The van der Waals surface area contributed by atoms with Crippen LogP contribution in [0.1, 0.15) is 168 Å². The van der Waals surface area contributed by atoms with Crippen molar-refractivity contribution in [2.75, 3.05) is 13.2 Å². The Kier molecular flexibility index (Phi) is 27.4. The Morgan fingerprint density at radius 1 is 0.529 bits per heavy atom. The number of ether oxygens (including phenoxy) is 2. The highest BCUT2D eigenvalue weighted by Crippen LogP contribution is 2.47. The van der Waals surface area contributed by atoms with E-state index in [2.05, 4.69) is 13.8 Å². The van der Waals surface area contributed by atoms with Crippen LogP contribution in [-0.4, -0.2) is 98.3 Å². The molecule has 0 amide bonds. The number of phosphoric acid groups is 1. The normalized spacial score (nSPS) is 23.8. The van der Waals surface area contributed by atoms with Crippen LogP contribution < -0.4 is 0 Å². The molecule has 0 saturated heterocycles. The molecule has 0 aromatic carbocycles. The molecule has 6 unspecified atom stereocenters. The summed E-state index contributed by atoms with van der Waals surface area (Å²) in [5.41, 5.74) is 0. The molecule has 0 radical (unpaired) electrons. The Labute approximate surface area is 306 Å². The van der Waals surface area contributed by atoms with Crippen LogP contribution in [0.3, 0.4) is 0 Å². The van der Waals surface area contributed by atoms with Crippen molar-refractivity contribution >= 4 is 19.8 Å². The molecule has 1 rings (SSSR count). The first-order valence-electron chi connectivity index (χ1n) is 19.8. The number of aliphatic hydroxyl groups is 5. The van der Waals surface area contributed by atoms with Crippen molar-refractivity contribution in [1.82, 2.24) is 0 Å². The van der Waals surface area contributed by atoms with E-state index in [4.69, 9.17) is 18.5 Å². The Morgan fingerprint density at radius 3 is 1.29 bits per heavy atom. The topological polar surface area (TPSA) is 210 Å². The molecule has 0 heterocycles. The van der Waals surface area contributed by atoms with Gasteiger partial charge in [0.2, 0.25) is 0 Å². The summed E-state index contributed by atoms with van der Waals surface area (Å²) in [4.78, 5) is 35.3. The number of esters is 2. The van der Waals surface area contributed by atoms with Gasteiger partial charge in [0, 0.05) is 12.8 Å². The molecule has 1 aliphatic carbocycles. The van der Waals surface area contributed by atoms with E-state index in [0.717, 1.165) is 51.4 Å². The summed E-state index contributed by atoms with van der Waals surface area (Å²) in [6.45, 7) is 3.22. The van der Waals surface area contributed by atoms with Crippen LogP contribution >= 0.6 is 7.82 Å². The first-order chi connectivity index (χ1) is 24.4. The Bertz CT molecular complexity index is 922. The fraction of sp³-hybridized carbons (Fsp3) is 0.946. The zero-order chi connectivity index (χ0) is 37.9. The van der Waals surface area contributed by atoms with Gasteiger partial charge >= 0.3 is 19.8 Å². The lowest BCUT2D eigenvalue weighted by Gasteiger charge is -2.41. The summed E-state index contributed by atoms with van der Waals surface area (Å²) in [7, 11) is -5.09. The molecule has 0 aliphatic heterocycles. The van der Waals surface area contributed by atoms with Gasteiger partial charge in [-0.05, 0) is 12.8 Å². The number of unbranched alkanes of at least 4 members (excludes halogenated alkanes) is 20. The molecule has 0 spiro atoms. The van der Waals surface area contributed by atoms with Gasteiger partial charge in [0.15, 0.2) is 6.10 Å². The van der Waals surface area contributed by atoms with Crippen LogP contribution in [0.15, 0.2) is 0 Å². The molecule has 0 aromatic heterocycles. The zero-order valence-corrected chi connectivity index (χ0v) is 32.3. The maximum absolute atomic E-state index is 12.7. The highest BCUT2D eigenvalue weighted by atomic mass is 31.2. The summed E-state index contributed by atoms with van der Waals surface area (Å²) in [5, 5.41) is 49.8. The van der Waals surface area contributed by atoms with E-state index in [0.29, 0.717) is 12.8 Å². The van der Waals surface area contributed by atoms with E-state index < -0.39 is 75.7 Å². The molecule has 51 heavy (non-hydrogen) atoms. The minimum absolute atomic E-state index is 0.100. The fourth-order valence-corrected chi connectivity index (χ4v) is 7.14. The lowest BCUT2D eigenvalue weighted by atomic mass is 9.85. The molecule has 6 N–H and O–H groups in total. The average Bonchev–Trinajstić information content (AvgIpc) is 3.10. The molecule has 302 valence electrons. The molecule has 13 nitrogen and oxygen atoms in total. The van der Waals surface area contributed by atoms with E-state index in [1.807, 2.05) is 0 Å². The molecule has 14 heteroatoms. The van der Waals surface area contributed by atoms with Crippen molar-refractivity contribution in [1.29, 1.82) is 0 Å². The van der Waals surface area contributed by atoms with Crippen molar-refractivity contribution in [3.63, 3.8) is 0 Å². The lowest BCUT2D eigenvalue weighted by molar-refractivity contribution is -0.220. The molecular formula is C37H71O13P. The summed E-state index contributed by atoms with van der Waals surface area (Å²) >= 11 is 0.